The number of benzene rings is 2. The molecule has 10 nitrogen and oxygen atoms in total. The van der Waals surface area contributed by atoms with Gasteiger partial charge in [0, 0.05) is 0 Å². The Morgan fingerprint density at radius 3 is 2.31 bits per heavy atom. The highest BCUT2D eigenvalue weighted by Crippen LogP contribution is 2.49. The number of hydrogen-bond acceptors (Lipinski definition) is 9. The molecule has 1 aliphatic rings. The highest BCUT2D eigenvalue weighted by molar-refractivity contribution is 6.06. The van der Waals surface area contributed by atoms with Crippen molar-refractivity contribution < 1.29 is 48.7 Å². The van der Waals surface area contributed by atoms with Crippen LogP contribution in [0.15, 0.2) is 6.07 Å². The molecule has 0 spiro atoms. The topological polar surface area (TPSA) is 157 Å². The van der Waals surface area contributed by atoms with Gasteiger partial charge in [0.1, 0.15) is 22.6 Å². The van der Waals surface area contributed by atoms with Gasteiger partial charge in [0.15, 0.2) is 29.8 Å². The maximum absolute atomic E-state index is 12.7. The maximum atomic E-state index is 12.7. The summed E-state index contributed by atoms with van der Waals surface area (Å²) in [4.78, 5) is 47.6. The summed E-state index contributed by atoms with van der Waals surface area (Å²) >= 11 is 0. The van der Waals surface area contributed by atoms with Gasteiger partial charge in [-0.15, -0.1) is 0 Å². The summed E-state index contributed by atoms with van der Waals surface area (Å²) in [5.41, 5.74) is -2.00. The van der Waals surface area contributed by atoms with Gasteiger partial charge in [-0.2, -0.15) is 0 Å². The smallest absolute Gasteiger partial charge is 0.347 e. The van der Waals surface area contributed by atoms with E-state index in [1.807, 2.05) is 0 Å². The molecule has 0 aliphatic carbocycles. The Kier molecular flexibility index (Phi) is 4.95. The molecule has 0 saturated carbocycles. The average Bonchev–Trinajstić information content (AvgIpc) is 2.83. The lowest BCUT2D eigenvalue weighted by atomic mass is 10.00. The van der Waals surface area contributed by atoms with E-state index in [-0.39, 0.29) is 28.9 Å². The Labute approximate surface area is 162 Å². The number of aliphatic hydroxyl groups is 1. The number of esters is 1. The van der Waals surface area contributed by atoms with Crippen LogP contribution in [-0.4, -0.2) is 46.9 Å². The minimum atomic E-state index is -1.68. The predicted octanol–water partition coefficient (Wildman–Crippen LogP) is 1.85. The number of aliphatic hydroxyl groups excluding tert-OH is 1. The van der Waals surface area contributed by atoms with Gasteiger partial charge in [0.05, 0.1) is 30.4 Å². The number of carbonyl (C=O) groups excluding carboxylic acids is 3. The standard InChI is InChI=1S/C19H14O10/c1-7-3-11(27-2)8(4-20)15-12(7)19(26)29-17-10(6-22)14(23)13(18(24)25)9(5-21)16(17)28-15/h3-5,22-23H,6H2,1-2H3,(H,24,25). The molecule has 150 valence electrons. The second-order valence-corrected chi connectivity index (χ2v) is 5.98. The number of hydrogen-bond donors (Lipinski definition) is 3. The van der Waals surface area contributed by atoms with Crippen LogP contribution in [0.25, 0.3) is 0 Å². The van der Waals surface area contributed by atoms with Gasteiger partial charge in [0.2, 0.25) is 0 Å². The van der Waals surface area contributed by atoms with Crippen molar-refractivity contribution in [1.29, 1.82) is 0 Å². The summed E-state index contributed by atoms with van der Waals surface area (Å²) in [7, 11) is 1.29. The van der Waals surface area contributed by atoms with Crippen molar-refractivity contribution in [3.63, 3.8) is 0 Å². The number of fused-ring (bicyclic) bond motifs is 2. The summed E-state index contributed by atoms with van der Waals surface area (Å²) in [5.74, 6) is -4.95. The minimum Gasteiger partial charge on any atom is -0.506 e. The third-order valence-electron chi connectivity index (χ3n) is 4.43. The Morgan fingerprint density at radius 1 is 1.14 bits per heavy atom. The van der Waals surface area contributed by atoms with E-state index in [0.29, 0.717) is 11.8 Å². The fourth-order valence-corrected chi connectivity index (χ4v) is 3.10. The molecule has 0 atom stereocenters. The number of carboxylic acids is 1. The summed E-state index contributed by atoms with van der Waals surface area (Å²) < 4.78 is 16.0. The molecule has 3 N–H and O–H groups in total. The van der Waals surface area contributed by atoms with Crippen LogP contribution in [0.3, 0.4) is 0 Å². The lowest BCUT2D eigenvalue weighted by molar-refractivity contribution is 0.0689. The van der Waals surface area contributed by atoms with E-state index in [0.717, 1.165) is 0 Å². The fourth-order valence-electron chi connectivity index (χ4n) is 3.10. The Bertz CT molecular complexity index is 1080. The average molecular weight is 402 g/mol. The quantitative estimate of drug-likeness (QED) is 0.383. The number of carbonyl (C=O) groups is 4. The lowest BCUT2D eigenvalue weighted by Gasteiger charge is -2.17. The van der Waals surface area contributed by atoms with Gasteiger partial charge in [-0.3, -0.25) is 9.59 Å². The van der Waals surface area contributed by atoms with Crippen molar-refractivity contribution in [2.75, 3.05) is 7.11 Å². The van der Waals surface area contributed by atoms with E-state index in [1.165, 1.54) is 20.1 Å². The van der Waals surface area contributed by atoms with Crippen LogP contribution in [0.2, 0.25) is 0 Å². The zero-order chi connectivity index (χ0) is 21.5. The molecule has 0 radical (unpaired) electrons. The molecule has 0 amide bonds. The first-order valence-corrected chi connectivity index (χ1v) is 8.08. The zero-order valence-electron chi connectivity index (χ0n) is 15.1. The van der Waals surface area contributed by atoms with E-state index in [1.54, 1.807) is 0 Å². The van der Waals surface area contributed by atoms with Gasteiger partial charge >= 0.3 is 11.9 Å². The van der Waals surface area contributed by atoms with Crippen LogP contribution in [0.4, 0.5) is 0 Å². The molecule has 1 aliphatic heterocycles. The van der Waals surface area contributed by atoms with Crippen molar-refractivity contribution in [1.82, 2.24) is 0 Å². The first-order chi connectivity index (χ1) is 13.8. The van der Waals surface area contributed by atoms with Gasteiger partial charge in [-0.25, -0.2) is 9.59 Å². The molecule has 29 heavy (non-hydrogen) atoms. The molecular formula is C19H14O10. The fraction of sp³-hybridized carbons (Fsp3) is 0.158. The molecule has 0 bridgehead atoms. The first kappa shape index (κ1) is 19.8. The van der Waals surface area contributed by atoms with Crippen LogP contribution < -0.4 is 14.2 Å². The Morgan fingerprint density at radius 2 is 1.79 bits per heavy atom. The Balaban J connectivity index is 2.48. The highest BCUT2D eigenvalue weighted by Gasteiger charge is 2.36. The number of aromatic hydroxyl groups is 1. The lowest BCUT2D eigenvalue weighted by Crippen LogP contribution is -2.12. The number of aromatic carboxylic acids is 1. The summed E-state index contributed by atoms with van der Waals surface area (Å²) in [5, 5.41) is 29.3. The van der Waals surface area contributed by atoms with E-state index in [9.17, 15) is 34.5 Å². The van der Waals surface area contributed by atoms with E-state index < -0.39 is 52.5 Å². The van der Waals surface area contributed by atoms with Crippen molar-refractivity contribution in [2.45, 2.75) is 13.5 Å². The number of ether oxygens (including phenoxy) is 3. The maximum Gasteiger partial charge on any atom is 0.347 e. The van der Waals surface area contributed by atoms with Crippen LogP contribution in [0.5, 0.6) is 28.7 Å². The van der Waals surface area contributed by atoms with E-state index >= 15 is 0 Å². The molecule has 2 aromatic carbocycles. The third kappa shape index (κ3) is 2.86. The molecule has 10 heteroatoms. The van der Waals surface area contributed by atoms with E-state index in [4.69, 9.17) is 14.2 Å². The normalized spacial score (nSPS) is 12.0. The van der Waals surface area contributed by atoms with Gasteiger partial charge in [-0.1, -0.05) is 0 Å². The minimum absolute atomic E-state index is 0.0692. The molecular weight excluding hydrogens is 388 g/mol. The number of methoxy groups -OCH3 is 1. The van der Waals surface area contributed by atoms with Gasteiger partial charge < -0.3 is 29.5 Å². The molecule has 1 heterocycles. The molecule has 2 aromatic rings. The molecule has 0 fully saturated rings. The van der Waals surface area contributed by atoms with Crippen molar-refractivity contribution >= 4 is 24.5 Å². The zero-order valence-corrected chi connectivity index (χ0v) is 15.1. The monoisotopic (exact) mass is 402 g/mol. The number of aryl methyl sites for hydroxylation is 1. The van der Waals surface area contributed by atoms with Crippen LogP contribution in [0.1, 0.15) is 52.6 Å². The van der Waals surface area contributed by atoms with Gasteiger partial charge in [0.25, 0.3) is 0 Å². The Hall–Kier alpha value is -3.92. The molecule has 0 unspecified atom stereocenters. The van der Waals surface area contributed by atoms with Crippen LogP contribution >= 0.6 is 0 Å². The second-order valence-electron chi connectivity index (χ2n) is 5.98. The SMILES string of the molecule is COc1cc(C)c2c(c1C=O)Oc1c(C=O)c(C(=O)O)c(O)c(CO)c1OC2=O. The summed E-state index contributed by atoms with van der Waals surface area (Å²) in [6, 6.07) is 1.40. The van der Waals surface area contributed by atoms with Crippen LogP contribution in [-0.2, 0) is 6.61 Å². The van der Waals surface area contributed by atoms with Crippen molar-refractivity contribution in [3.8, 4) is 28.7 Å². The molecule has 0 saturated heterocycles. The first-order valence-electron chi connectivity index (χ1n) is 8.08. The summed E-state index contributed by atoms with van der Waals surface area (Å²) in [6.07, 6.45) is 0.455. The molecule has 0 aromatic heterocycles. The number of carboxylic acid groups (broad SMARTS) is 1. The van der Waals surface area contributed by atoms with Crippen LogP contribution in [0, 0.1) is 6.92 Å². The predicted molar refractivity (Wildman–Crippen MR) is 94.5 cm³/mol. The van der Waals surface area contributed by atoms with E-state index in [2.05, 4.69) is 0 Å². The number of aldehydes is 2. The van der Waals surface area contributed by atoms with Gasteiger partial charge in [-0.05, 0) is 18.6 Å². The summed E-state index contributed by atoms with van der Waals surface area (Å²) in [6.45, 7) is 0.591. The van der Waals surface area contributed by atoms with Crippen molar-refractivity contribution in [3.05, 3.63) is 39.4 Å². The highest BCUT2D eigenvalue weighted by atomic mass is 16.6. The molecule has 3 rings (SSSR count). The van der Waals surface area contributed by atoms with Crippen molar-refractivity contribution in [2.24, 2.45) is 0 Å². The number of rotatable bonds is 5. The largest absolute Gasteiger partial charge is 0.506 e. The number of phenols is 1. The second kappa shape index (κ2) is 7.24. The third-order valence-corrected chi connectivity index (χ3v) is 4.43.